The van der Waals surface area contributed by atoms with Crippen molar-refractivity contribution in [3.8, 4) is 0 Å². The number of quaternary nitrogens is 2. The Labute approximate surface area is 180 Å². The van der Waals surface area contributed by atoms with Crippen LogP contribution in [0.2, 0.25) is 0 Å². The van der Waals surface area contributed by atoms with Crippen molar-refractivity contribution < 1.29 is 52.1 Å². The molecule has 2 aliphatic heterocycles. The number of halogens is 6. The van der Waals surface area contributed by atoms with Crippen LogP contribution in [-0.4, -0.2) is 90.2 Å². The Morgan fingerprint density at radius 3 is 1.00 bits per heavy atom. The average molecular weight is 510 g/mol. The maximum atomic E-state index is 11.5. The monoisotopic (exact) mass is 509 g/mol. The van der Waals surface area contributed by atoms with Crippen LogP contribution in [0.15, 0.2) is 0 Å². The predicted octanol–water partition coefficient (Wildman–Crippen LogP) is 2.77. The minimum atomic E-state index is -6.60. The number of nitrogens with one attached hydrogen (secondary N) is 1. The zero-order valence-electron chi connectivity index (χ0n) is 18.2. The molecule has 0 aromatic rings. The molecule has 0 atom stereocenters. The first kappa shape index (κ1) is 30.4. The normalized spacial score (nSPS) is 21.0. The van der Waals surface area contributed by atoms with Gasteiger partial charge in [0.2, 0.25) is 0 Å². The number of likely N-dealkylation sites (tertiary alicyclic amines) is 2. The number of hydrogen-bond acceptors (Lipinski definition) is 4. The van der Waals surface area contributed by atoms with Crippen molar-refractivity contribution in [1.82, 2.24) is 4.13 Å². The van der Waals surface area contributed by atoms with Crippen LogP contribution in [0.1, 0.15) is 39.5 Å². The summed E-state index contributed by atoms with van der Waals surface area (Å²) in [5, 5.41) is 0. The molecule has 2 rings (SSSR count). The van der Waals surface area contributed by atoms with Crippen LogP contribution in [0.25, 0.3) is 0 Å². The van der Waals surface area contributed by atoms with Crippen molar-refractivity contribution in [3.63, 3.8) is 0 Å². The molecule has 15 heteroatoms. The van der Waals surface area contributed by atoms with E-state index in [9.17, 15) is 43.2 Å². The lowest BCUT2D eigenvalue weighted by Crippen LogP contribution is -2.45. The standard InChI is InChI=1S/2C7H16N.C2HF6NO4S2/c2*1-3-8(2)6-4-5-7-8;3-1(4,5)14(10,11)9-15(12,13)2(6,7)8/h2*3-7H2,1-2H3;9H/q2*+1;. The highest BCUT2D eigenvalue weighted by Gasteiger charge is 2.55. The van der Waals surface area contributed by atoms with E-state index >= 15 is 0 Å². The Morgan fingerprint density at radius 1 is 0.645 bits per heavy atom. The SMILES string of the molecule is CC[N+]1(C)CCCC1.CC[N+]1(C)CCCC1.O=S(=O)(NS(=O)(=O)C(F)(F)F)C(F)(F)F. The molecule has 0 aliphatic carbocycles. The van der Waals surface area contributed by atoms with Gasteiger partial charge in [-0.1, -0.05) is 4.13 Å². The molecule has 0 saturated carbocycles. The molecule has 2 heterocycles. The van der Waals surface area contributed by atoms with Crippen LogP contribution in [0, 0.1) is 0 Å². The third-order valence-electron chi connectivity index (χ3n) is 5.65. The topological polar surface area (TPSA) is 80.3 Å². The Bertz CT molecular complexity index is 691. The fraction of sp³-hybridized carbons (Fsp3) is 1.00. The highest BCUT2D eigenvalue weighted by Crippen LogP contribution is 2.27. The lowest BCUT2D eigenvalue weighted by molar-refractivity contribution is -0.895. The second-order valence-corrected chi connectivity index (χ2v) is 11.8. The van der Waals surface area contributed by atoms with Crippen LogP contribution >= 0.6 is 0 Å². The predicted molar refractivity (Wildman–Crippen MR) is 104 cm³/mol. The van der Waals surface area contributed by atoms with E-state index in [0.717, 1.165) is 0 Å². The van der Waals surface area contributed by atoms with Crippen LogP contribution in [0.4, 0.5) is 26.3 Å². The highest BCUT2D eigenvalue weighted by molar-refractivity contribution is 8.05. The number of sulfonamides is 2. The maximum Gasteiger partial charge on any atom is 0.512 e. The van der Waals surface area contributed by atoms with Gasteiger partial charge in [0.25, 0.3) is 0 Å². The van der Waals surface area contributed by atoms with Crippen molar-refractivity contribution in [1.29, 1.82) is 0 Å². The van der Waals surface area contributed by atoms with E-state index < -0.39 is 35.2 Å². The van der Waals surface area contributed by atoms with Gasteiger partial charge in [-0.25, -0.2) is 16.8 Å². The first-order valence-corrected chi connectivity index (χ1v) is 12.8. The molecular formula is C16H33F6N3O4S2+2. The Kier molecular flexibility index (Phi) is 10.8. The minimum absolute atomic E-state index is 0.493. The van der Waals surface area contributed by atoms with Crippen LogP contribution < -0.4 is 4.13 Å². The zero-order chi connectivity index (χ0) is 24.8. The number of rotatable bonds is 4. The van der Waals surface area contributed by atoms with Gasteiger partial charge in [-0.15, -0.1) is 0 Å². The average Bonchev–Trinajstić information content (AvgIpc) is 3.23. The molecule has 0 amide bonds. The summed E-state index contributed by atoms with van der Waals surface area (Å²) in [5.74, 6) is 0. The van der Waals surface area contributed by atoms with E-state index in [4.69, 9.17) is 0 Å². The number of hydrogen-bond donors (Lipinski definition) is 1. The van der Waals surface area contributed by atoms with Gasteiger partial charge < -0.3 is 8.97 Å². The summed E-state index contributed by atoms with van der Waals surface area (Å²) in [6, 6.07) is 0. The van der Waals surface area contributed by atoms with Gasteiger partial charge in [-0.3, -0.25) is 0 Å². The summed E-state index contributed by atoms with van der Waals surface area (Å²) >= 11 is 0. The van der Waals surface area contributed by atoms with Gasteiger partial charge in [0.1, 0.15) is 0 Å². The lowest BCUT2D eigenvalue weighted by Gasteiger charge is -2.26. The lowest BCUT2D eigenvalue weighted by atomic mass is 10.4. The second kappa shape index (κ2) is 11.0. The molecule has 1 N–H and O–H groups in total. The van der Waals surface area contributed by atoms with Gasteiger partial charge in [0.05, 0.1) is 53.4 Å². The molecule has 31 heavy (non-hydrogen) atoms. The van der Waals surface area contributed by atoms with Crippen molar-refractivity contribution >= 4 is 20.0 Å². The van der Waals surface area contributed by atoms with E-state index in [0.29, 0.717) is 0 Å². The third-order valence-corrected chi connectivity index (χ3v) is 8.62. The van der Waals surface area contributed by atoms with Crippen LogP contribution in [0.5, 0.6) is 0 Å². The quantitative estimate of drug-likeness (QED) is 0.467. The Hall–Kier alpha value is -0.640. The van der Waals surface area contributed by atoms with E-state index in [1.165, 1.54) is 73.9 Å². The molecule has 0 aromatic heterocycles. The first-order valence-electron chi connectivity index (χ1n) is 9.82. The summed E-state index contributed by atoms with van der Waals surface area (Å²) in [4.78, 5) is 0. The van der Waals surface area contributed by atoms with Gasteiger partial charge in [-0.05, 0) is 13.8 Å². The van der Waals surface area contributed by atoms with Gasteiger partial charge >= 0.3 is 31.1 Å². The fourth-order valence-electron chi connectivity index (χ4n) is 3.07. The molecular weight excluding hydrogens is 476 g/mol. The van der Waals surface area contributed by atoms with Gasteiger partial charge in [0.15, 0.2) is 0 Å². The second-order valence-electron chi connectivity index (χ2n) is 8.16. The summed E-state index contributed by atoms with van der Waals surface area (Å²) in [6.45, 7) is 12.9. The summed E-state index contributed by atoms with van der Waals surface area (Å²) in [7, 11) is -8.48. The highest BCUT2D eigenvalue weighted by atomic mass is 32.3. The minimum Gasteiger partial charge on any atom is -0.326 e. The fourth-order valence-corrected chi connectivity index (χ4v) is 4.98. The largest absolute Gasteiger partial charge is 0.512 e. The summed E-state index contributed by atoms with van der Waals surface area (Å²) < 4.78 is 111. The van der Waals surface area contributed by atoms with Crippen LogP contribution in [-0.2, 0) is 20.0 Å². The van der Waals surface area contributed by atoms with Crippen molar-refractivity contribution in [2.24, 2.45) is 0 Å². The molecule has 0 aromatic carbocycles. The number of alkyl halides is 6. The molecule has 0 bridgehead atoms. The zero-order valence-corrected chi connectivity index (χ0v) is 19.8. The summed E-state index contributed by atoms with van der Waals surface area (Å²) in [6.07, 6.45) is 5.80. The van der Waals surface area contributed by atoms with Crippen LogP contribution in [0.3, 0.4) is 0 Å². The third kappa shape index (κ3) is 9.80. The maximum absolute atomic E-state index is 11.5. The van der Waals surface area contributed by atoms with Crippen molar-refractivity contribution in [2.75, 3.05) is 53.4 Å². The summed E-state index contributed by atoms with van der Waals surface area (Å²) in [5.41, 5.74) is -12.3. The Balaban J connectivity index is 0.000000471. The van der Waals surface area contributed by atoms with E-state index in [1.807, 2.05) is 0 Å². The van der Waals surface area contributed by atoms with Gasteiger partial charge in [-0.2, -0.15) is 26.3 Å². The van der Waals surface area contributed by atoms with E-state index in [2.05, 4.69) is 27.9 Å². The molecule has 188 valence electrons. The van der Waals surface area contributed by atoms with E-state index in [1.54, 1.807) is 0 Å². The molecule has 0 radical (unpaired) electrons. The van der Waals surface area contributed by atoms with Gasteiger partial charge in [0, 0.05) is 25.7 Å². The van der Waals surface area contributed by atoms with E-state index in [-0.39, 0.29) is 0 Å². The molecule has 2 aliphatic rings. The van der Waals surface area contributed by atoms with Crippen molar-refractivity contribution in [3.05, 3.63) is 0 Å². The molecule has 2 fully saturated rings. The molecule has 7 nitrogen and oxygen atoms in total. The molecule has 0 unspecified atom stereocenters. The number of nitrogens with zero attached hydrogens (tertiary/aromatic N) is 2. The van der Waals surface area contributed by atoms with Crippen molar-refractivity contribution in [2.45, 2.75) is 50.5 Å². The molecule has 2 saturated heterocycles. The Morgan fingerprint density at radius 2 is 0.871 bits per heavy atom. The first-order chi connectivity index (χ1) is 13.7. The smallest absolute Gasteiger partial charge is 0.326 e. The molecule has 0 spiro atoms.